The molecule has 0 aliphatic heterocycles. The summed E-state index contributed by atoms with van der Waals surface area (Å²) in [5, 5.41) is 2.06. The molecule has 3 aliphatic rings. The Hall–Kier alpha value is -2.92. The predicted molar refractivity (Wildman–Crippen MR) is 124 cm³/mol. The van der Waals surface area contributed by atoms with E-state index < -0.39 is 23.3 Å². The Bertz CT molecular complexity index is 1080. The van der Waals surface area contributed by atoms with Crippen molar-refractivity contribution in [1.29, 1.82) is 0 Å². The predicted octanol–water partition coefficient (Wildman–Crippen LogP) is 5.63. The number of hydrogen-bond donors (Lipinski definition) is 0. The lowest BCUT2D eigenvalue weighted by atomic mass is 9.64. The highest BCUT2D eigenvalue weighted by molar-refractivity contribution is 7.10. The molecule has 3 aliphatic carbocycles. The molecule has 5 heteroatoms. The number of ether oxygens (including phenoxy) is 2. The highest BCUT2D eigenvalue weighted by atomic mass is 32.1. The zero-order valence-corrected chi connectivity index (χ0v) is 19.1. The standard InChI is InChI=1S/C27H26O4S/c1-3-30-25(28)27(26(29)31-4-2)16-21(22-14-9-15-32-22)23-17-10-5-7-12-19(17)24(27)20-13-8-6-11-18(20)23/h5-15,21,23-24H,3-4,16H2,1-2H3/t21-,23?,24?/m0/s1. The van der Waals surface area contributed by atoms with Crippen molar-refractivity contribution >= 4 is 23.3 Å². The molecule has 0 saturated carbocycles. The fourth-order valence-corrected chi connectivity index (χ4v) is 6.63. The number of carbonyl (C=O) groups excluding carboxylic acids is 2. The van der Waals surface area contributed by atoms with E-state index in [9.17, 15) is 9.59 Å². The molecule has 3 aromatic rings. The molecule has 1 atom stereocenters. The van der Waals surface area contributed by atoms with Crippen LogP contribution in [-0.4, -0.2) is 25.2 Å². The van der Waals surface area contributed by atoms with Crippen molar-refractivity contribution in [2.75, 3.05) is 13.2 Å². The number of esters is 2. The summed E-state index contributed by atoms with van der Waals surface area (Å²) in [5.74, 6) is -1.41. The van der Waals surface area contributed by atoms with Gasteiger partial charge in [-0.15, -0.1) is 11.3 Å². The van der Waals surface area contributed by atoms with Crippen molar-refractivity contribution in [3.8, 4) is 0 Å². The van der Waals surface area contributed by atoms with Crippen molar-refractivity contribution in [3.05, 3.63) is 93.2 Å². The molecule has 4 nitrogen and oxygen atoms in total. The molecule has 1 heterocycles. The maximum Gasteiger partial charge on any atom is 0.324 e. The van der Waals surface area contributed by atoms with Gasteiger partial charge in [0, 0.05) is 22.6 Å². The van der Waals surface area contributed by atoms with E-state index in [2.05, 4.69) is 35.7 Å². The largest absolute Gasteiger partial charge is 0.465 e. The van der Waals surface area contributed by atoms with Crippen LogP contribution in [-0.2, 0) is 19.1 Å². The van der Waals surface area contributed by atoms with Crippen LogP contribution in [0.25, 0.3) is 0 Å². The summed E-state index contributed by atoms with van der Waals surface area (Å²) in [5.41, 5.74) is 2.97. The van der Waals surface area contributed by atoms with Crippen LogP contribution in [0, 0.1) is 5.41 Å². The fourth-order valence-electron chi connectivity index (χ4n) is 5.77. The van der Waals surface area contributed by atoms with E-state index in [4.69, 9.17) is 9.47 Å². The van der Waals surface area contributed by atoms with Crippen LogP contribution >= 0.6 is 11.3 Å². The Morgan fingerprint density at radius 2 is 1.38 bits per heavy atom. The number of carbonyl (C=O) groups is 2. The number of rotatable bonds is 5. The summed E-state index contributed by atoms with van der Waals surface area (Å²) in [4.78, 5) is 28.8. The van der Waals surface area contributed by atoms with Gasteiger partial charge in [-0.1, -0.05) is 54.6 Å². The molecule has 2 bridgehead atoms. The Balaban J connectivity index is 1.88. The molecule has 2 aromatic carbocycles. The second kappa shape index (κ2) is 8.21. The van der Waals surface area contributed by atoms with Crippen LogP contribution in [0.5, 0.6) is 0 Å². The van der Waals surface area contributed by atoms with Gasteiger partial charge in [0.1, 0.15) is 0 Å². The second-order valence-electron chi connectivity index (χ2n) is 8.41. The van der Waals surface area contributed by atoms with Gasteiger partial charge in [0.15, 0.2) is 5.41 Å². The number of fused-ring (bicyclic) bond motifs is 2. The first kappa shape index (κ1) is 21.0. The van der Waals surface area contributed by atoms with Gasteiger partial charge < -0.3 is 9.47 Å². The summed E-state index contributed by atoms with van der Waals surface area (Å²) < 4.78 is 11.2. The number of hydrogen-bond acceptors (Lipinski definition) is 5. The van der Waals surface area contributed by atoms with E-state index in [0.29, 0.717) is 6.42 Å². The molecule has 1 aromatic heterocycles. The van der Waals surface area contributed by atoms with E-state index in [0.717, 1.165) is 11.1 Å². The van der Waals surface area contributed by atoms with Crippen molar-refractivity contribution < 1.29 is 19.1 Å². The first-order valence-corrected chi connectivity index (χ1v) is 12.1. The van der Waals surface area contributed by atoms with Crippen molar-refractivity contribution in [1.82, 2.24) is 0 Å². The highest BCUT2D eigenvalue weighted by Crippen LogP contribution is 2.63. The third-order valence-corrected chi connectivity index (χ3v) is 7.91. The van der Waals surface area contributed by atoms with Crippen molar-refractivity contribution in [3.63, 3.8) is 0 Å². The minimum Gasteiger partial charge on any atom is -0.465 e. The quantitative estimate of drug-likeness (QED) is 0.377. The monoisotopic (exact) mass is 446 g/mol. The smallest absolute Gasteiger partial charge is 0.324 e. The summed E-state index contributed by atoms with van der Waals surface area (Å²) >= 11 is 1.67. The molecule has 0 N–H and O–H groups in total. The molecule has 164 valence electrons. The lowest BCUT2D eigenvalue weighted by molar-refractivity contribution is -0.174. The second-order valence-corrected chi connectivity index (χ2v) is 9.39. The van der Waals surface area contributed by atoms with E-state index in [1.165, 1.54) is 16.0 Å². The summed E-state index contributed by atoms with van der Waals surface area (Å²) in [7, 11) is 0. The highest BCUT2D eigenvalue weighted by Gasteiger charge is 2.62. The number of benzene rings is 2. The van der Waals surface area contributed by atoms with Crippen molar-refractivity contribution in [2.24, 2.45) is 5.41 Å². The van der Waals surface area contributed by atoms with E-state index in [-0.39, 0.29) is 25.0 Å². The van der Waals surface area contributed by atoms with Gasteiger partial charge in [0.05, 0.1) is 13.2 Å². The molecular formula is C27H26O4S. The van der Waals surface area contributed by atoms with Gasteiger partial charge >= 0.3 is 11.9 Å². The minimum absolute atomic E-state index is 0.0430. The molecule has 32 heavy (non-hydrogen) atoms. The maximum atomic E-state index is 13.8. The molecule has 0 amide bonds. The average Bonchev–Trinajstić information content (AvgIpc) is 3.26. The molecule has 0 spiro atoms. The molecule has 0 saturated heterocycles. The lowest BCUT2D eigenvalue weighted by Gasteiger charge is -2.38. The van der Waals surface area contributed by atoms with Crippen LogP contribution in [0.2, 0.25) is 0 Å². The minimum atomic E-state index is -1.45. The van der Waals surface area contributed by atoms with Crippen LogP contribution in [0.4, 0.5) is 0 Å². The Labute approximate surface area is 192 Å². The third kappa shape index (κ3) is 2.95. The van der Waals surface area contributed by atoms with Gasteiger partial charge in [-0.25, -0.2) is 0 Å². The number of thiophene rings is 1. The first-order chi connectivity index (χ1) is 15.6. The third-order valence-electron chi connectivity index (χ3n) is 6.91. The van der Waals surface area contributed by atoms with Crippen LogP contribution in [0.1, 0.15) is 65.2 Å². The fraction of sp³-hybridized carbons (Fsp3) is 0.333. The van der Waals surface area contributed by atoms with Gasteiger partial charge in [0.2, 0.25) is 0 Å². The van der Waals surface area contributed by atoms with E-state index >= 15 is 0 Å². The molecule has 6 rings (SSSR count). The Morgan fingerprint density at radius 1 is 0.844 bits per heavy atom. The van der Waals surface area contributed by atoms with Crippen molar-refractivity contribution in [2.45, 2.75) is 38.0 Å². The van der Waals surface area contributed by atoms with Gasteiger partial charge in [-0.3, -0.25) is 9.59 Å². The van der Waals surface area contributed by atoms with E-state index in [1.807, 2.05) is 30.3 Å². The van der Waals surface area contributed by atoms with Crippen LogP contribution in [0.15, 0.2) is 66.0 Å². The van der Waals surface area contributed by atoms with Gasteiger partial charge in [0.25, 0.3) is 0 Å². The van der Waals surface area contributed by atoms with E-state index in [1.54, 1.807) is 25.2 Å². The summed E-state index contributed by atoms with van der Waals surface area (Å²) in [6.07, 6.45) is 0.351. The first-order valence-electron chi connectivity index (χ1n) is 11.2. The summed E-state index contributed by atoms with van der Waals surface area (Å²) in [6.45, 7) is 3.99. The summed E-state index contributed by atoms with van der Waals surface area (Å²) in [6, 6.07) is 20.6. The maximum absolute atomic E-state index is 13.8. The van der Waals surface area contributed by atoms with Crippen LogP contribution in [0.3, 0.4) is 0 Å². The molecule has 0 unspecified atom stereocenters. The zero-order valence-electron chi connectivity index (χ0n) is 18.2. The molecular weight excluding hydrogens is 420 g/mol. The average molecular weight is 447 g/mol. The Kier molecular flexibility index (Phi) is 5.38. The van der Waals surface area contributed by atoms with Gasteiger partial charge in [-0.05, 0) is 54.0 Å². The van der Waals surface area contributed by atoms with Gasteiger partial charge in [-0.2, -0.15) is 0 Å². The van der Waals surface area contributed by atoms with Crippen LogP contribution < -0.4 is 0 Å². The molecule has 0 fully saturated rings. The Morgan fingerprint density at radius 3 is 1.84 bits per heavy atom. The normalized spacial score (nSPS) is 22.4. The SMILES string of the molecule is CCOC(=O)C1(C(=O)OCC)C[C@@H](c2cccs2)C2c3ccccc3C1c1ccccc12. The molecule has 0 radical (unpaired) electrons. The zero-order chi connectivity index (χ0) is 22.3. The lowest BCUT2D eigenvalue weighted by Crippen LogP contribution is -2.47. The topological polar surface area (TPSA) is 52.6 Å².